The lowest BCUT2D eigenvalue weighted by Gasteiger charge is -2.36. The van der Waals surface area contributed by atoms with Crippen molar-refractivity contribution in [3.05, 3.63) is 17.7 Å². The zero-order chi connectivity index (χ0) is 13.5. The van der Waals surface area contributed by atoms with Crippen LogP contribution in [0.2, 0.25) is 5.28 Å². The molecule has 1 saturated carbocycles. The van der Waals surface area contributed by atoms with Crippen LogP contribution in [0.1, 0.15) is 32.1 Å². The maximum absolute atomic E-state index is 12.6. The summed E-state index contributed by atoms with van der Waals surface area (Å²) in [4.78, 5) is 7.69. The fourth-order valence-corrected chi connectivity index (χ4v) is 5.02. The molecule has 0 spiro atoms. The number of sulfonamides is 1. The minimum Gasteiger partial charge on any atom is -0.225 e. The van der Waals surface area contributed by atoms with Crippen molar-refractivity contribution in [3.63, 3.8) is 0 Å². The lowest BCUT2D eigenvalue weighted by atomic mass is 9.94. The highest BCUT2D eigenvalue weighted by Gasteiger charge is 2.41. The van der Waals surface area contributed by atoms with Crippen molar-refractivity contribution >= 4 is 21.6 Å². The Balaban J connectivity index is 1.93. The van der Waals surface area contributed by atoms with E-state index in [1.807, 2.05) is 0 Å². The largest absolute Gasteiger partial charge is 0.246 e. The van der Waals surface area contributed by atoms with Gasteiger partial charge in [-0.25, -0.2) is 18.4 Å². The molecule has 2 aliphatic rings. The summed E-state index contributed by atoms with van der Waals surface area (Å²) in [6, 6.07) is 0.162. The molecule has 0 radical (unpaired) electrons. The molecular formula is C12H16ClN3O2S. The van der Waals surface area contributed by atoms with Gasteiger partial charge < -0.3 is 0 Å². The van der Waals surface area contributed by atoms with Gasteiger partial charge in [-0.05, 0) is 43.2 Å². The molecule has 1 aromatic heterocycles. The summed E-state index contributed by atoms with van der Waals surface area (Å²) in [5.74, 6) is 0.525. The lowest BCUT2D eigenvalue weighted by molar-refractivity contribution is 0.202. The van der Waals surface area contributed by atoms with Crippen LogP contribution < -0.4 is 0 Å². The Morgan fingerprint density at radius 3 is 2.58 bits per heavy atom. The van der Waals surface area contributed by atoms with Gasteiger partial charge in [0.2, 0.25) is 15.3 Å². The molecule has 2 heterocycles. The minimum absolute atomic E-state index is 0.0661. The number of nitrogens with zero attached hydrogens (tertiary/aromatic N) is 3. The number of fused-ring (bicyclic) bond motifs is 1. The molecule has 2 unspecified atom stereocenters. The van der Waals surface area contributed by atoms with Gasteiger partial charge in [-0.2, -0.15) is 4.31 Å². The molecule has 3 rings (SSSR count). The van der Waals surface area contributed by atoms with Crippen molar-refractivity contribution in [2.45, 2.75) is 43.0 Å². The van der Waals surface area contributed by atoms with Crippen LogP contribution in [0.5, 0.6) is 0 Å². The van der Waals surface area contributed by atoms with Gasteiger partial charge in [0, 0.05) is 12.6 Å². The number of hydrogen-bond acceptors (Lipinski definition) is 4. The van der Waals surface area contributed by atoms with Crippen molar-refractivity contribution in [2.24, 2.45) is 5.92 Å². The van der Waals surface area contributed by atoms with E-state index < -0.39 is 10.0 Å². The van der Waals surface area contributed by atoms with E-state index >= 15 is 0 Å². The average Bonchev–Trinajstić information content (AvgIpc) is 2.87. The predicted octanol–water partition coefficient (Wildman–Crippen LogP) is 2.08. The first kappa shape index (κ1) is 13.3. The summed E-state index contributed by atoms with van der Waals surface area (Å²) in [6.45, 7) is 0.603. The fraction of sp³-hybridized carbons (Fsp3) is 0.667. The van der Waals surface area contributed by atoms with E-state index in [1.165, 1.54) is 12.4 Å². The molecule has 0 bridgehead atoms. The highest BCUT2D eigenvalue weighted by Crippen LogP contribution is 2.39. The number of hydrogen-bond donors (Lipinski definition) is 0. The Bertz CT molecular complexity index is 561. The summed E-state index contributed by atoms with van der Waals surface area (Å²) in [5.41, 5.74) is 0. The maximum Gasteiger partial charge on any atom is 0.246 e. The third-order valence-corrected chi connectivity index (χ3v) is 6.22. The number of piperidine rings is 1. The third-order valence-electron chi connectivity index (χ3n) is 4.15. The van der Waals surface area contributed by atoms with Crippen LogP contribution in [-0.2, 0) is 10.0 Å². The zero-order valence-corrected chi connectivity index (χ0v) is 12.1. The van der Waals surface area contributed by atoms with E-state index in [0.29, 0.717) is 12.5 Å². The molecule has 5 nitrogen and oxygen atoms in total. The van der Waals surface area contributed by atoms with E-state index in [1.54, 1.807) is 4.31 Å². The molecule has 0 N–H and O–H groups in total. The van der Waals surface area contributed by atoms with Crippen LogP contribution in [0.3, 0.4) is 0 Å². The number of rotatable bonds is 2. The third kappa shape index (κ3) is 2.37. The molecule has 1 aliphatic heterocycles. The molecule has 2 atom stereocenters. The first-order chi connectivity index (χ1) is 9.09. The van der Waals surface area contributed by atoms with Crippen LogP contribution >= 0.6 is 11.6 Å². The Morgan fingerprint density at radius 2 is 1.84 bits per heavy atom. The molecule has 19 heavy (non-hydrogen) atoms. The second-order valence-corrected chi connectivity index (χ2v) is 7.43. The smallest absolute Gasteiger partial charge is 0.225 e. The summed E-state index contributed by atoms with van der Waals surface area (Å²) in [7, 11) is -3.48. The molecular weight excluding hydrogens is 286 g/mol. The molecule has 0 amide bonds. The van der Waals surface area contributed by atoms with Gasteiger partial charge >= 0.3 is 0 Å². The van der Waals surface area contributed by atoms with Crippen LogP contribution in [-0.4, -0.2) is 35.3 Å². The quantitative estimate of drug-likeness (QED) is 0.785. The Morgan fingerprint density at radius 1 is 1.16 bits per heavy atom. The molecule has 7 heteroatoms. The highest BCUT2D eigenvalue weighted by atomic mass is 35.5. The van der Waals surface area contributed by atoms with Gasteiger partial charge in [0.1, 0.15) is 4.90 Å². The summed E-state index contributed by atoms with van der Waals surface area (Å²) >= 11 is 5.61. The zero-order valence-electron chi connectivity index (χ0n) is 10.5. The van der Waals surface area contributed by atoms with E-state index in [2.05, 4.69) is 9.97 Å². The first-order valence-electron chi connectivity index (χ1n) is 6.58. The standard InChI is InChI=1S/C12H16ClN3O2S/c13-12-14-7-10(8-15-12)19(17,18)16-6-2-4-9-3-1-5-11(9)16/h7-9,11H,1-6H2. The lowest BCUT2D eigenvalue weighted by Crippen LogP contribution is -2.46. The van der Waals surface area contributed by atoms with Gasteiger partial charge in [-0.15, -0.1) is 0 Å². The number of halogens is 1. The topological polar surface area (TPSA) is 63.2 Å². The first-order valence-corrected chi connectivity index (χ1v) is 8.40. The van der Waals surface area contributed by atoms with E-state index in [-0.39, 0.29) is 16.2 Å². The van der Waals surface area contributed by atoms with Gasteiger partial charge in [-0.3, -0.25) is 0 Å². The van der Waals surface area contributed by atoms with Crippen molar-refractivity contribution in [2.75, 3.05) is 6.54 Å². The molecule has 104 valence electrons. The monoisotopic (exact) mass is 301 g/mol. The van der Waals surface area contributed by atoms with Crippen LogP contribution in [0.25, 0.3) is 0 Å². The minimum atomic E-state index is -3.48. The molecule has 2 fully saturated rings. The van der Waals surface area contributed by atoms with Gasteiger partial charge in [0.05, 0.1) is 12.4 Å². The Kier molecular flexibility index (Phi) is 3.49. The van der Waals surface area contributed by atoms with Gasteiger partial charge in [-0.1, -0.05) is 6.42 Å². The van der Waals surface area contributed by atoms with E-state index in [9.17, 15) is 8.42 Å². The predicted molar refractivity (Wildman–Crippen MR) is 71.3 cm³/mol. The van der Waals surface area contributed by atoms with Crippen molar-refractivity contribution in [3.8, 4) is 0 Å². The van der Waals surface area contributed by atoms with Crippen molar-refractivity contribution < 1.29 is 8.42 Å². The SMILES string of the molecule is O=S(=O)(c1cnc(Cl)nc1)N1CCCC2CCCC21. The second kappa shape index (κ2) is 5.00. The van der Waals surface area contributed by atoms with Gasteiger partial charge in [0.25, 0.3) is 0 Å². The molecule has 1 saturated heterocycles. The van der Waals surface area contributed by atoms with E-state index in [0.717, 1.165) is 32.1 Å². The summed E-state index contributed by atoms with van der Waals surface area (Å²) in [5, 5.41) is 0.0661. The van der Waals surface area contributed by atoms with Gasteiger partial charge in [0.15, 0.2) is 0 Å². The molecule has 0 aromatic carbocycles. The summed E-state index contributed by atoms with van der Waals surface area (Å²) < 4.78 is 26.9. The van der Waals surface area contributed by atoms with Crippen molar-refractivity contribution in [1.29, 1.82) is 0 Å². The molecule has 1 aromatic rings. The maximum atomic E-state index is 12.6. The second-order valence-electron chi connectivity index (χ2n) is 5.20. The van der Waals surface area contributed by atoms with Crippen LogP contribution in [0.4, 0.5) is 0 Å². The number of aromatic nitrogens is 2. The van der Waals surface area contributed by atoms with Crippen LogP contribution in [0, 0.1) is 5.92 Å². The van der Waals surface area contributed by atoms with Crippen molar-refractivity contribution in [1.82, 2.24) is 14.3 Å². The average molecular weight is 302 g/mol. The highest BCUT2D eigenvalue weighted by molar-refractivity contribution is 7.89. The Labute approximate surface area is 118 Å². The normalized spacial score (nSPS) is 28.3. The fourth-order valence-electron chi connectivity index (χ4n) is 3.28. The Hall–Kier alpha value is -0.720. The molecule has 1 aliphatic carbocycles. The van der Waals surface area contributed by atoms with Crippen LogP contribution in [0.15, 0.2) is 17.3 Å². The van der Waals surface area contributed by atoms with E-state index in [4.69, 9.17) is 11.6 Å². The summed E-state index contributed by atoms with van der Waals surface area (Å²) in [6.07, 6.45) is 7.92.